The molecule has 0 radical (unpaired) electrons. The lowest BCUT2D eigenvalue weighted by atomic mass is 9.89. The van der Waals surface area contributed by atoms with Gasteiger partial charge in [0.1, 0.15) is 0 Å². The molecule has 1 atom stereocenters. The Morgan fingerprint density at radius 2 is 2.17 bits per heavy atom. The van der Waals surface area contributed by atoms with Gasteiger partial charge in [-0.3, -0.25) is 0 Å². The molecule has 0 fully saturated rings. The van der Waals surface area contributed by atoms with Crippen LogP contribution in [0.1, 0.15) is 28.4 Å². The van der Waals surface area contributed by atoms with E-state index >= 15 is 0 Å². The first kappa shape index (κ1) is 13.1. The molecule has 1 aromatic rings. The van der Waals surface area contributed by atoms with Crippen molar-refractivity contribution in [1.29, 1.82) is 0 Å². The van der Waals surface area contributed by atoms with Gasteiger partial charge in [-0.25, -0.2) is 9.59 Å². The highest BCUT2D eigenvalue weighted by atomic mass is 79.9. The van der Waals surface area contributed by atoms with Crippen LogP contribution >= 0.6 is 15.9 Å². The second-order valence-electron chi connectivity index (χ2n) is 4.52. The summed E-state index contributed by atoms with van der Waals surface area (Å²) in [6, 6.07) is 3.75. The van der Waals surface area contributed by atoms with E-state index in [0.717, 1.165) is 15.6 Å². The maximum Gasteiger partial charge on any atom is 0.350 e. The quantitative estimate of drug-likeness (QED) is 0.747. The Morgan fingerprint density at radius 3 is 2.78 bits per heavy atom. The second-order valence-corrected chi connectivity index (χ2v) is 5.31. The summed E-state index contributed by atoms with van der Waals surface area (Å²) in [5.41, 5.74) is 0.994. The third-order valence-electron chi connectivity index (χ3n) is 3.09. The Kier molecular flexibility index (Phi) is 3.19. The number of ether oxygens (including phenoxy) is 2. The number of methoxy groups -OCH3 is 1. The first-order valence-electron chi connectivity index (χ1n) is 5.49. The number of esters is 2. The lowest BCUT2D eigenvalue weighted by molar-refractivity contribution is -0.161. The van der Waals surface area contributed by atoms with E-state index in [1.165, 1.54) is 7.11 Å². The van der Waals surface area contributed by atoms with Crippen LogP contribution < -0.4 is 0 Å². The molecular formula is C13H13BrO4. The van der Waals surface area contributed by atoms with Crippen LogP contribution in [0.4, 0.5) is 0 Å². The lowest BCUT2D eigenvalue weighted by Gasteiger charge is -2.32. The zero-order valence-electron chi connectivity index (χ0n) is 10.4. The summed E-state index contributed by atoms with van der Waals surface area (Å²) >= 11 is 3.38. The second kappa shape index (κ2) is 4.39. The Morgan fingerprint density at radius 1 is 1.50 bits per heavy atom. The van der Waals surface area contributed by atoms with E-state index in [0.29, 0.717) is 12.0 Å². The number of rotatable bonds is 1. The van der Waals surface area contributed by atoms with Crippen LogP contribution in [0.2, 0.25) is 0 Å². The molecule has 0 saturated carbocycles. The molecule has 0 N–H and O–H groups in total. The number of fused-ring (bicyclic) bond motifs is 1. The summed E-state index contributed by atoms with van der Waals surface area (Å²) in [5.74, 6) is -1.04. The van der Waals surface area contributed by atoms with Crippen molar-refractivity contribution in [3.8, 4) is 0 Å². The average molecular weight is 313 g/mol. The molecule has 18 heavy (non-hydrogen) atoms. The highest BCUT2D eigenvalue weighted by molar-refractivity contribution is 9.10. The molecule has 1 heterocycles. The van der Waals surface area contributed by atoms with Crippen molar-refractivity contribution in [2.75, 3.05) is 7.11 Å². The Bertz CT molecular complexity index is 538. The minimum absolute atomic E-state index is 0.319. The summed E-state index contributed by atoms with van der Waals surface area (Å²) in [5, 5.41) is 0. The van der Waals surface area contributed by atoms with E-state index in [4.69, 9.17) is 4.74 Å². The minimum Gasteiger partial charge on any atom is -0.466 e. The maximum atomic E-state index is 12.0. The molecule has 0 spiro atoms. The molecule has 4 nitrogen and oxygen atoms in total. The number of benzene rings is 1. The highest BCUT2D eigenvalue weighted by Crippen LogP contribution is 2.34. The van der Waals surface area contributed by atoms with Gasteiger partial charge in [0.05, 0.1) is 12.7 Å². The number of aryl methyl sites for hydroxylation is 1. The van der Waals surface area contributed by atoms with Crippen LogP contribution in [0.3, 0.4) is 0 Å². The van der Waals surface area contributed by atoms with Crippen LogP contribution in [-0.4, -0.2) is 24.6 Å². The van der Waals surface area contributed by atoms with Crippen LogP contribution in [0.5, 0.6) is 0 Å². The standard InChI is InChI=1S/C13H13BrO4/c1-7-4-5-8-6-13(2,12(16)17-3)18-11(15)9(8)10(7)14/h4-5H,6H2,1-3H3. The maximum absolute atomic E-state index is 12.0. The van der Waals surface area contributed by atoms with Gasteiger partial charge in [-0.2, -0.15) is 0 Å². The van der Waals surface area contributed by atoms with Crippen LogP contribution in [0.15, 0.2) is 16.6 Å². The summed E-state index contributed by atoms with van der Waals surface area (Å²) < 4.78 is 10.6. The number of carbonyl (C=O) groups is 2. The summed E-state index contributed by atoms with van der Waals surface area (Å²) in [7, 11) is 1.28. The molecule has 96 valence electrons. The fourth-order valence-electron chi connectivity index (χ4n) is 2.07. The summed E-state index contributed by atoms with van der Waals surface area (Å²) in [4.78, 5) is 23.7. The number of hydrogen-bond acceptors (Lipinski definition) is 4. The van der Waals surface area contributed by atoms with Crippen molar-refractivity contribution in [3.05, 3.63) is 33.3 Å². The molecular weight excluding hydrogens is 300 g/mol. The van der Waals surface area contributed by atoms with Gasteiger partial charge in [-0.15, -0.1) is 0 Å². The summed E-state index contributed by atoms with van der Waals surface area (Å²) in [6.07, 6.45) is 0.319. The molecule has 1 unspecified atom stereocenters. The minimum atomic E-state index is -1.24. The zero-order chi connectivity index (χ0) is 13.5. The first-order chi connectivity index (χ1) is 8.39. The first-order valence-corrected chi connectivity index (χ1v) is 6.28. The van der Waals surface area contributed by atoms with E-state index in [-0.39, 0.29) is 0 Å². The van der Waals surface area contributed by atoms with E-state index in [1.807, 2.05) is 19.1 Å². The predicted molar refractivity (Wildman–Crippen MR) is 68.4 cm³/mol. The van der Waals surface area contributed by atoms with Gasteiger partial charge in [0.15, 0.2) is 0 Å². The molecule has 0 saturated heterocycles. The number of carbonyl (C=O) groups excluding carboxylic acids is 2. The van der Waals surface area contributed by atoms with Gasteiger partial charge < -0.3 is 9.47 Å². The average Bonchev–Trinajstić information content (AvgIpc) is 2.32. The van der Waals surface area contributed by atoms with Gasteiger partial charge in [-0.05, 0) is 40.9 Å². The number of halogens is 1. The smallest absolute Gasteiger partial charge is 0.350 e. The zero-order valence-corrected chi connectivity index (χ0v) is 12.0. The van der Waals surface area contributed by atoms with Crippen molar-refractivity contribution < 1.29 is 19.1 Å². The molecule has 1 aromatic carbocycles. The highest BCUT2D eigenvalue weighted by Gasteiger charge is 2.44. The molecule has 0 bridgehead atoms. The Balaban J connectivity index is 2.51. The topological polar surface area (TPSA) is 52.6 Å². The summed E-state index contributed by atoms with van der Waals surface area (Å²) in [6.45, 7) is 3.46. The van der Waals surface area contributed by atoms with Crippen LogP contribution in [0, 0.1) is 6.92 Å². The molecule has 0 aliphatic carbocycles. The van der Waals surface area contributed by atoms with Gasteiger partial charge in [0, 0.05) is 10.9 Å². The monoisotopic (exact) mass is 312 g/mol. The van der Waals surface area contributed by atoms with Crippen molar-refractivity contribution in [1.82, 2.24) is 0 Å². The molecule has 1 aliphatic heterocycles. The van der Waals surface area contributed by atoms with Crippen LogP contribution in [0.25, 0.3) is 0 Å². The fraction of sp³-hybridized carbons (Fsp3) is 0.385. The van der Waals surface area contributed by atoms with Crippen molar-refractivity contribution in [2.24, 2.45) is 0 Å². The fourth-order valence-corrected chi connectivity index (χ4v) is 2.62. The third kappa shape index (κ3) is 1.92. The van der Waals surface area contributed by atoms with Gasteiger partial charge in [-0.1, -0.05) is 12.1 Å². The Hall–Kier alpha value is -1.36. The van der Waals surface area contributed by atoms with Crippen LogP contribution in [-0.2, 0) is 20.7 Å². The molecule has 5 heteroatoms. The van der Waals surface area contributed by atoms with Gasteiger partial charge >= 0.3 is 11.9 Å². The van der Waals surface area contributed by atoms with E-state index in [2.05, 4.69) is 20.7 Å². The Labute approximate surface area is 113 Å². The van der Waals surface area contributed by atoms with E-state index in [9.17, 15) is 9.59 Å². The van der Waals surface area contributed by atoms with Crippen molar-refractivity contribution in [2.45, 2.75) is 25.9 Å². The van der Waals surface area contributed by atoms with E-state index < -0.39 is 17.5 Å². The predicted octanol–water partition coefficient (Wildman–Crippen LogP) is 2.40. The molecule has 2 rings (SSSR count). The normalized spacial score (nSPS) is 22.1. The number of hydrogen-bond donors (Lipinski definition) is 0. The third-order valence-corrected chi connectivity index (χ3v) is 4.11. The molecule has 0 amide bonds. The SMILES string of the molecule is COC(=O)C1(C)Cc2ccc(C)c(Br)c2C(=O)O1. The van der Waals surface area contributed by atoms with Crippen molar-refractivity contribution >= 4 is 27.9 Å². The molecule has 1 aliphatic rings. The van der Waals surface area contributed by atoms with Crippen molar-refractivity contribution in [3.63, 3.8) is 0 Å². The molecule has 0 aromatic heterocycles. The largest absolute Gasteiger partial charge is 0.466 e. The lowest BCUT2D eigenvalue weighted by Crippen LogP contribution is -2.46. The van der Waals surface area contributed by atoms with Gasteiger partial charge in [0.2, 0.25) is 5.60 Å². The van der Waals surface area contributed by atoms with E-state index in [1.54, 1.807) is 6.92 Å². The number of cyclic esters (lactones) is 1. The van der Waals surface area contributed by atoms with Gasteiger partial charge in [0.25, 0.3) is 0 Å².